The zero-order chi connectivity index (χ0) is 26.0. The van der Waals surface area contributed by atoms with Crippen LogP contribution in [0, 0.1) is 11.7 Å². The van der Waals surface area contributed by atoms with E-state index in [0.717, 1.165) is 49.2 Å². The van der Waals surface area contributed by atoms with Gasteiger partial charge in [0.15, 0.2) is 0 Å². The van der Waals surface area contributed by atoms with E-state index < -0.39 is 23.6 Å². The molecule has 0 amide bonds. The van der Waals surface area contributed by atoms with Crippen molar-refractivity contribution in [1.29, 1.82) is 0 Å². The number of carboxylic acids is 1. The molecular weight excluding hydrogens is 506 g/mol. The van der Waals surface area contributed by atoms with Gasteiger partial charge in [-0.2, -0.15) is 13.2 Å². The minimum atomic E-state index is -4.46. The highest BCUT2D eigenvalue weighted by atomic mass is 35.5. The fraction of sp³-hybridized carbons (Fsp3) is 0.345. The number of hydrogen-bond acceptors (Lipinski definition) is 2. The minimum absolute atomic E-state index is 0. The summed E-state index contributed by atoms with van der Waals surface area (Å²) < 4.78 is 53.4. The Balaban J connectivity index is 0.00000380. The van der Waals surface area contributed by atoms with Crippen molar-refractivity contribution < 1.29 is 27.5 Å². The molecule has 3 nitrogen and oxygen atoms in total. The third-order valence-electron chi connectivity index (χ3n) is 7.13. The van der Waals surface area contributed by atoms with Gasteiger partial charge in [-0.3, -0.25) is 9.69 Å². The first kappa shape index (κ1) is 28.7. The second-order valence-corrected chi connectivity index (χ2v) is 9.65. The number of carboxylic acid groups (broad SMARTS) is 1. The molecule has 3 aromatic rings. The van der Waals surface area contributed by atoms with Crippen LogP contribution >= 0.6 is 12.4 Å². The average molecular weight is 536 g/mol. The summed E-state index contributed by atoms with van der Waals surface area (Å²) in [4.78, 5) is 14.0. The van der Waals surface area contributed by atoms with Crippen molar-refractivity contribution in [2.24, 2.45) is 5.92 Å². The van der Waals surface area contributed by atoms with Crippen LogP contribution in [0.3, 0.4) is 0 Å². The van der Waals surface area contributed by atoms with Crippen molar-refractivity contribution in [3.63, 3.8) is 0 Å². The Morgan fingerprint density at radius 3 is 2.05 bits per heavy atom. The maximum atomic E-state index is 13.8. The first-order valence-electron chi connectivity index (χ1n) is 12.1. The maximum absolute atomic E-state index is 13.8. The standard InChI is InChI=1S/C29H29F4NO2.ClH/c1-18-13-15-34(16-14-18)27(21-5-10-24(30)11-6-21)25-12-7-22(19(2)28(35)36)17-26(25)20-3-8-23(9-4-20)29(31,32)33;/h3-12,17-19,27H,13-16H2,1-2H3,(H,35,36);1H/t19-,27-;/m1./s1. The van der Waals surface area contributed by atoms with E-state index in [-0.39, 0.29) is 24.3 Å². The number of likely N-dealkylation sites (tertiary alicyclic amines) is 1. The van der Waals surface area contributed by atoms with Crippen LogP contribution in [-0.2, 0) is 11.0 Å². The van der Waals surface area contributed by atoms with Crippen LogP contribution in [0.15, 0.2) is 66.7 Å². The predicted octanol–water partition coefficient (Wildman–Crippen LogP) is 7.94. The number of piperidine rings is 1. The van der Waals surface area contributed by atoms with Crippen LogP contribution in [0.2, 0.25) is 0 Å². The fourth-order valence-corrected chi connectivity index (χ4v) is 4.83. The lowest BCUT2D eigenvalue weighted by Crippen LogP contribution is -2.37. The lowest BCUT2D eigenvalue weighted by atomic mass is 9.85. The Hall–Kier alpha value is -2.90. The highest BCUT2D eigenvalue weighted by Gasteiger charge is 2.31. The van der Waals surface area contributed by atoms with Crippen LogP contribution in [-0.4, -0.2) is 29.1 Å². The predicted molar refractivity (Wildman–Crippen MR) is 138 cm³/mol. The second-order valence-electron chi connectivity index (χ2n) is 9.65. The molecule has 3 aromatic carbocycles. The number of nitrogens with zero attached hydrogens (tertiary/aromatic N) is 1. The molecule has 1 N–H and O–H groups in total. The van der Waals surface area contributed by atoms with Gasteiger partial charge in [0, 0.05) is 0 Å². The number of hydrogen-bond donors (Lipinski definition) is 1. The van der Waals surface area contributed by atoms with Crippen molar-refractivity contribution >= 4 is 18.4 Å². The quantitative estimate of drug-likeness (QED) is 0.326. The summed E-state index contributed by atoms with van der Waals surface area (Å²) >= 11 is 0. The van der Waals surface area contributed by atoms with E-state index in [9.17, 15) is 27.5 Å². The monoisotopic (exact) mass is 535 g/mol. The molecular formula is C29H30ClF4NO2. The SMILES string of the molecule is CC1CCN([C@H](c2ccc(F)cc2)c2ccc([C@@H](C)C(=O)O)cc2-c2ccc(C(F)(F)F)cc2)CC1.Cl. The molecule has 1 saturated heterocycles. The van der Waals surface area contributed by atoms with Gasteiger partial charge in [-0.1, -0.05) is 43.3 Å². The van der Waals surface area contributed by atoms with Crippen LogP contribution in [0.4, 0.5) is 17.6 Å². The smallest absolute Gasteiger partial charge is 0.416 e. The lowest BCUT2D eigenvalue weighted by Gasteiger charge is -2.38. The fourth-order valence-electron chi connectivity index (χ4n) is 4.83. The third-order valence-corrected chi connectivity index (χ3v) is 7.13. The Labute approximate surface area is 220 Å². The Morgan fingerprint density at radius 2 is 1.51 bits per heavy atom. The number of alkyl halides is 3. The van der Waals surface area contributed by atoms with Gasteiger partial charge >= 0.3 is 12.1 Å². The van der Waals surface area contributed by atoms with E-state index in [1.54, 1.807) is 31.2 Å². The van der Waals surface area contributed by atoms with Gasteiger partial charge in [-0.25, -0.2) is 4.39 Å². The largest absolute Gasteiger partial charge is 0.481 e. The minimum Gasteiger partial charge on any atom is -0.481 e. The molecule has 0 aromatic heterocycles. The van der Waals surface area contributed by atoms with Crippen LogP contribution in [0.5, 0.6) is 0 Å². The number of halogens is 5. The highest BCUT2D eigenvalue weighted by molar-refractivity contribution is 5.85. The Kier molecular flexibility index (Phi) is 9.03. The summed E-state index contributed by atoms with van der Waals surface area (Å²) in [5.41, 5.74) is 2.77. The highest BCUT2D eigenvalue weighted by Crippen LogP contribution is 2.40. The summed E-state index contributed by atoms with van der Waals surface area (Å²) in [7, 11) is 0. The Morgan fingerprint density at radius 1 is 0.946 bits per heavy atom. The van der Waals surface area contributed by atoms with E-state index in [1.807, 2.05) is 6.07 Å². The molecule has 37 heavy (non-hydrogen) atoms. The molecule has 8 heteroatoms. The van der Waals surface area contributed by atoms with E-state index in [1.165, 1.54) is 24.3 Å². The summed E-state index contributed by atoms with van der Waals surface area (Å²) in [5.74, 6) is -1.53. The second kappa shape index (κ2) is 11.7. The molecule has 1 heterocycles. The maximum Gasteiger partial charge on any atom is 0.416 e. The summed E-state index contributed by atoms with van der Waals surface area (Å²) in [5, 5.41) is 9.57. The van der Waals surface area contributed by atoms with Crippen molar-refractivity contribution in [3.8, 4) is 11.1 Å². The van der Waals surface area contributed by atoms with Crippen molar-refractivity contribution in [2.45, 2.75) is 44.8 Å². The molecule has 1 aliphatic rings. The van der Waals surface area contributed by atoms with Gasteiger partial charge in [-0.15, -0.1) is 12.4 Å². The van der Waals surface area contributed by atoms with E-state index in [2.05, 4.69) is 11.8 Å². The molecule has 0 saturated carbocycles. The first-order chi connectivity index (χ1) is 17.0. The van der Waals surface area contributed by atoms with Crippen molar-refractivity contribution in [3.05, 3.63) is 94.8 Å². The van der Waals surface area contributed by atoms with E-state index in [4.69, 9.17) is 0 Å². The molecule has 2 atom stereocenters. The summed E-state index contributed by atoms with van der Waals surface area (Å²) in [6.45, 7) is 5.43. The van der Waals surface area contributed by atoms with Crippen molar-refractivity contribution in [2.75, 3.05) is 13.1 Å². The number of carbonyl (C=O) groups is 1. The molecule has 0 spiro atoms. The summed E-state index contributed by atoms with van der Waals surface area (Å²) in [6.07, 6.45) is -2.45. The Bertz CT molecular complexity index is 1200. The summed E-state index contributed by atoms with van der Waals surface area (Å²) in [6, 6.07) is 16.4. The molecule has 1 aliphatic heterocycles. The number of benzene rings is 3. The van der Waals surface area contributed by atoms with Crippen LogP contribution in [0.25, 0.3) is 11.1 Å². The molecule has 0 radical (unpaired) electrons. The zero-order valence-corrected chi connectivity index (χ0v) is 21.5. The topological polar surface area (TPSA) is 40.5 Å². The average Bonchev–Trinajstić information content (AvgIpc) is 2.85. The first-order valence-corrected chi connectivity index (χ1v) is 12.1. The lowest BCUT2D eigenvalue weighted by molar-refractivity contribution is -0.138. The van der Waals surface area contributed by atoms with Crippen molar-refractivity contribution in [1.82, 2.24) is 4.90 Å². The number of rotatable bonds is 6. The van der Waals surface area contributed by atoms with Gasteiger partial charge in [0.25, 0.3) is 0 Å². The van der Waals surface area contributed by atoms with Crippen LogP contribution in [0.1, 0.15) is 60.9 Å². The van der Waals surface area contributed by atoms with E-state index in [0.29, 0.717) is 22.6 Å². The normalized spacial score (nSPS) is 16.6. The number of aliphatic carboxylic acids is 1. The molecule has 1 fully saturated rings. The van der Waals surface area contributed by atoms with Crippen LogP contribution < -0.4 is 0 Å². The zero-order valence-electron chi connectivity index (χ0n) is 20.6. The molecule has 198 valence electrons. The third kappa shape index (κ3) is 6.51. The molecule has 0 unspecified atom stereocenters. The van der Waals surface area contributed by atoms with Gasteiger partial charge in [0.05, 0.1) is 17.5 Å². The van der Waals surface area contributed by atoms with Gasteiger partial charge in [0.1, 0.15) is 5.82 Å². The van der Waals surface area contributed by atoms with Gasteiger partial charge < -0.3 is 5.11 Å². The van der Waals surface area contributed by atoms with Gasteiger partial charge in [-0.05, 0) is 96.9 Å². The van der Waals surface area contributed by atoms with E-state index >= 15 is 0 Å². The van der Waals surface area contributed by atoms with Gasteiger partial charge in [0.2, 0.25) is 0 Å². The molecule has 0 aliphatic carbocycles. The molecule has 0 bridgehead atoms. The molecule has 4 rings (SSSR count).